The number of nitrogens with zero attached hydrogens (tertiary/aromatic N) is 3. The zero-order valence-electron chi connectivity index (χ0n) is 11.4. The van der Waals surface area contributed by atoms with Crippen molar-refractivity contribution in [1.82, 2.24) is 15.3 Å². The normalized spacial score (nSPS) is 10.6. The Morgan fingerprint density at radius 1 is 1.22 bits per heavy atom. The van der Waals surface area contributed by atoms with E-state index in [0.29, 0.717) is 12.5 Å². The van der Waals surface area contributed by atoms with Crippen LogP contribution in [0.25, 0.3) is 0 Å². The summed E-state index contributed by atoms with van der Waals surface area (Å²) in [7, 11) is 0. The number of rotatable bonds is 9. The SMILES string of the molecule is CCCCN(CCO)c1ncc(CNCC)cn1. The Hall–Kier alpha value is -1.20. The van der Waals surface area contributed by atoms with Crippen LogP contribution in [0.1, 0.15) is 32.3 Å². The molecule has 18 heavy (non-hydrogen) atoms. The van der Waals surface area contributed by atoms with Crippen molar-refractivity contribution in [3.05, 3.63) is 18.0 Å². The van der Waals surface area contributed by atoms with Gasteiger partial charge in [0.25, 0.3) is 0 Å². The molecule has 2 N–H and O–H groups in total. The first-order valence-electron chi connectivity index (χ1n) is 6.69. The van der Waals surface area contributed by atoms with E-state index in [1.807, 2.05) is 17.3 Å². The third kappa shape index (κ3) is 4.98. The Bertz CT molecular complexity index is 315. The van der Waals surface area contributed by atoms with Crippen LogP contribution < -0.4 is 10.2 Å². The fourth-order valence-electron chi connectivity index (χ4n) is 1.65. The van der Waals surface area contributed by atoms with E-state index >= 15 is 0 Å². The van der Waals surface area contributed by atoms with E-state index in [9.17, 15) is 0 Å². The maximum absolute atomic E-state index is 9.06. The highest BCUT2D eigenvalue weighted by Gasteiger charge is 2.08. The molecule has 0 spiro atoms. The summed E-state index contributed by atoms with van der Waals surface area (Å²) in [6.07, 6.45) is 5.91. The number of hydrogen-bond acceptors (Lipinski definition) is 5. The molecule has 0 atom stereocenters. The van der Waals surface area contributed by atoms with E-state index in [1.165, 1.54) is 0 Å². The van der Waals surface area contributed by atoms with Crippen molar-refractivity contribution >= 4 is 5.95 Å². The van der Waals surface area contributed by atoms with E-state index in [4.69, 9.17) is 5.11 Å². The average molecular weight is 252 g/mol. The Balaban J connectivity index is 2.61. The Kier molecular flexibility index (Phi) is 7.29. The Labute approximate surface area is 109 Å². The molecule has 0 aliphatic rings. The van der Waals surface area contributed by atoms with E-state index in [2.05, 4.69) is 29.1 Å². The summed E-state index contributed by atoms with van der Waals surface area (Å²) in [6.45, 7) is 7.57. The molecule has 1 heterocycles. The molecule has 0 fully saturated rings. The van der Waals surface area contributed by atoms with E-state index in [1.54, 1.807) is 0 Å². The summed E-state index contributed by atoms with van der Waals surface area (Å²) in [5.41, 5.74) is 1.08. The van der Waals surface area contributed by atoms with Gasteiger partial charge in [0.15, 0.2) is 0 Å². The number of anilines is 1. The van der Waals surface area contributed by atoms with Gasteiger partial charge >= 0.3 is 0 Å². The minimum absolute atomic E-state index is 0.131. The lowest BCUT2D eigenvalue weighted by Gasteiger charge is -2.21. The van der Waals surface area contributed by atoms with Gasteiger partial charge in [0.1, 0.15) is 0 Å². The zero-order chi connectivity index (χ0) is 13.2. The minimum atomic E-state index is 0.131. The summed E-state index contributed by atoms with van der Waals surface area (Å²) in [6, 6.07) is 0. The fourth-order valence-corrected chi connectivity index (χ4v) is 1.65. The van der Waals surface area contributed by atoms with Crippen molar-refractivity contribution in [1.29, 1.82) is 0 Å². The van der Waals surface area contributed by atoms with Gasteiger partial charge in [-0.1, -0.05) is 20.3 Å². The highest BCUT2D eigenvalue weighted by atomic mass is 16.3. The topological polar surface area (TPSA) is 61.3 Å². The molecule has 0 bridgehead atoms. The van der Waals surface area contributed by atoms with Crippen molar-refractivity contribution in [3.8, 4) is 0 Å². The van der Waals surface area contributed by atoms with Gasteiger partial charge in [-0.15, -0.1) is 0 Å². The third-order valence-electron chi connectivity index (χ3n) is 2.71. The average Bonchev–Trinajstić information content (AvgIpc) is 2.42. The molecule has 1 rings (SSSR count). The zero-order valence-corrected chi connectivity index (χ0v) is 11.4. The predicted molar refractivity (Wildman–Crippen MR) is 73.6 cm³/mol. The second kappa shape index (κ2) is 8.83. The predicted octanol–water partition coefficient (Wildman–Crippen LogP) is 1.18. The van der Waals surface area contributed by atoms with Crippen molar-refractivity contribution in [2.24, 2.45) is 0 Å². The van der Waals surface area contributed by atoms with E-state index in [-0.39, 0.29) is 6.61 Å². The van der Waals surface area contributed by atoms with Crippen LogP contribution in [0, 0.1) is 0 Å². The van der Waals surface area contributed by atoms with Gasteiger partial charge in [-0.2, -0.15) is 0 Å². The molecular weight excluding hydrogens is 228 g/mol. The van der Waals surface area contributed by atoms with Crippen LogP contribution in [0.3, 0.4) is 0 Å². The molecule has 0 aliphatic heterocycles. The standard InChI is InChI=1S/C13H24N4O/c1-3-5-6-17(7-8-18)13-15-10-12(11-16-13)9-14-4-2/h10-11,14,18H,3-9H2,1-2H3. The van der Waals surface area contributed by atoms with Crippen LogP contribution in [-0.4, -0.2) is 41.3 Å². The number of aromatic nitrogens is 2. The second-order valence-electron chi connectivity index (χ2n) is 4.24. The lowest BCUT2D eigenvalue weighted by atomic mass is 10.3. The first-order valence-corrected chi connectivity index (χ1v) is 6.69. The minimum Gasteiger partial charge on any atom is -0.395 e. The van der Waals surface area contributed by atoms with Crippen LogP contribution in [0.4, 0.5) is 5.95 Å². The highest BCUT2D eigenvalue weighted by molar-refractivity contribution is 5.29. The van der Waals surface area contributed by atoms with Gasteiger partial charge in [0.2, 0.25) is 5.95 Å². The number of unbranched alkanes of at least 4 members (excludes halogenated alkanes) is 1. The van der Waals surface area contributed by atoms with Crippen molar-refractivity contribution in [3.63, 3.8) is 0 Å². The molecule has 1 aromatic heterocycles. The van der Waals surface area contributed by atoms with Gasteiger partial charge in [-0.25, -0.2) is 9.97 Å². The van der Waals surface area contributed by atoms with Gasteiger partial charge in [0.05, 0.1) is 6.61 Å². The third-order valence-corrected chi connectivity index (χ3v) is 2.71. The molecule has 0 amide bonds. The molecule has 0 saturated carbocycles. The lowest BCUT2D eigenvalue weighted by molar-refractivity contribution is 0.301. The van der Waals surface area contributed by atoms with Crippen LogP contribution in [0.5, 0.6) is 0 Å². The van der Waals surface area contributed by atoms with Gasteiger partial charge in [-0.3, -0.25) is 0 Å². The number of hydrogen-bond donors (Lipinski definition) is 2. The van der Waals surface area contributed by atoms with E-state index < -0.39 is 0 Å². The first-order chi connectivity index (χ1) is 8.81. The molecular formula is C13H24N4O. The van der Waals surface area contributed by atoms with Crippen LogP contribution in [0.15, 0.2) is 12.4 Å². The number of nitrogens with one attached hydrogen (secondary N) is 1. The largest absolute Gasteiger partial charge is 0.395 e. The molecule has 0 unspecified atom stereocenters. The molecule has 102 valence electrons. The Morgan fingerprint density at radius 3 is 2.50 bits per heavy atom. The molecule has 0 radical (unpaired) electrons. The summed E-state index contributed by atoms with van der Waals surface area (Å²) in [5, 5.41) is 12.3. The summed E-state index contributed by atoms with van der Waals surface area (Å²) < 4.78 is 0. The number of aliphatic hydroxyl groups excluding tert-OH is 1. The molecule has 0 aliphatic carbocycles. The Morgan fingerprint density at radius 2 is 1.94 bits per heavy atom. The quantitative estimate of drug-likeness (QED) is 0.691. The first kappa shape index (κ1) is 14.9. The summed E-state index contributed by atoms with van der Waals surface area (Å²) in [5.74, 6) is 0.706. The maximum atomic E-state index is 9.06. The molecule has 0 aromatic carbocycles. The lowest BCUT2D eigenvalue weighted by Crippen LogP contribution is -2.29. The highest BCUT2D eigenvalue weighted by Crippen LogP contribution is 2.08. The van der Waals surface area contributed by atoms with Gasteiger partial charge in [0, 0.05) is 37.6 Å². The van der Waals surface area contributed by atoms with Crippen LogP contribution in [-0.2, 0) is 6.54 Å². The van der Waals surface area contributed by atoms with Crippen LogP contribution >= 0.6 is 0 Å². The monoisotopic (exact) mass is 252 g/mol. The van der Waals surface area contributed by atoms with Crippen molar-refractivity contribution in [2.45, 2.75) is 33.2 Å². The van der Waals surface area contributed by atoms with Crippen molar-refractivity contribution in [2.75, 3.05) is 31.1 Å². The smallest absolute Gasteiger partial charge is 0.225 e. The van der Waals surface area contributed by atoms with Crippen molar-refractivity contribution < 1.29 is 5.11 Å². The molecule has 5 nitrogen and oxygen atoms in total. The van der Waals surface area contributed by atoms with Gasteiger partial charge in [-0.05, 0) is 13.0 Å². The fraction of sp³-hybridized carbons (Fsp3) is 0.692. The molecule has 0 saturated heterocycles. The molecule has 1 aromatic rings. The summed E-state index contributed by atoms with van der Waals surface area (Å²) in [4.78, 5) is 10.8. The van der Waals surface area contributed by atoms with Crippen LogP contribution in [0.2, 0.25) is 0 Å². The number of aliphatic hydroxyl groups is 1. The van der Waals surface area contributed by atoms with Gasteiger partial charge < -0.3 is 15.3 Å². The summed E-state index contributed by atoms with van der Waals surface area (Å²) >= 11 is 0. The molecule has 5 heteroatoms. The van der Waals surface area contributed by atoms with E-state index in [0.717, 1.165) is 38.0 Å². The second-order valence-corrected chi connectivity index (χ2v) is 4.24. The maximum Gasteiger partial charge on any atom is 0.225 e.